The van der Waals surface area contributed by atoms with Crippen LogP contribution in [0.4, 0.5) is 11.4 Å². The third-order valence-corrected chi connectivity index (χ3v) is 5.64. The predicted octanol–water partition coefficient (Wildman–Crippen LogP) is 4.98. The first kappa shape index (κ1) is 14.7. The van der Waals surface area contributed by atoms with Crippen LogP contribution in [0.25, 0.3) is 10.2 Å². The van der Waals surface area contributed by atoms with E-state index in [-0.39, 0.29) is 0 Å². The maximum absolute atomic E-state index is 6.01. The highest BCUT2D eigenvalue weighted by atomic mass is 79.9. The van der Waals surface area contributed by atoms with E-state index in [1.165, 1.54) is 10.3 Å². The number of nitrogens with one attached hydrogen (secondary N) is 1. The molecule has 21 heavy (non-hydrogen) atoms. The van der Waals surface area contributed by atoms with Gasteiger partial charge in [0.25, 0.3) is 0 Å². The van der Waals surface area contributed by atoms with Crippen LogP contribution in [0.1, 0.15) is 5.56 Å². The number of thiazole rings is 1. The number of rotatable bonds is 4. The number of hydrogen-bond donors (Lipinski definition) is 2. The van der Waals surface area contributed by atoms with Crippen LogP contribution in [0.5, 0.6) is 0 Å². The molecule has 3 rings (SSSR count). The van der Waals surface area contributed by atoms with Crippen molar-refractivity contribution in [1.82, 2.24) is 4.98 Å². The molecule has 3 aromatic rings. The van der Waals surface area contributed by atoms with Gasteiger partial charge in [-0.3, -0.25) is 0 Å². The molecule has 0 radical (unpaired) electrons. The normalized spacial score (nSPS) is 11.0. The largest absolute Gasteiger partial charge is 0.397 e. The fourth-order valence-corrected chi connectivity index (χ4v) is 4.01. The summed E-state index contributed by atoms with van der Waals surface area (Å²) in [4.78, 5) is 4.68. The molecule has 0 saturated carbocycles. The minimum Gasteiger partial charge on any atom is -0.397 e. The van der Waals surface area contributed by atoms with Crippen LogP contribution >= 0.6 is 39.0 Å². The lowest BCUT2D eigenvalue weighted by atomic mass is 10.2. The van der Waals surface area contributed by atoms with Gasteiger partial charge in [0.15, 0.2) is 4.34 Å². The van der Waals surface area contributed by atoms with Gasteiger partial charge in [-0.25, -0.2) is 4.98 Å². The van der Waals surface area contributed by atoms with Crippen molar-refractivity contribution >= 4 is 60.6 Å². The van der Waals surface area contributed by atoms with Gasteiger partial charge in [-0.2, -0.15) is 0 Å². The number of nitrogens with two attached hydrogens (primary N) is 1. The van der Waals surface area contributed by atoms with Gasteiger partial charge < -0.3 is 11.1 Å². The van der Waals surface area contributed by atoms with E-state index in [9.17, 15) is 0 Å². The average molecular weight is 380 g/mol. The quantitative estimate of drug-likeness (QED) is 0.495. The highest BCUT2D eigenvalue weighted by Gasteiger charge is 2.08. The Labute approximate surface area is 140 Å². The second kappa shape index (κ2) is 6.25. The Hall–Kier alpha value is -1.24. The Bertz CT molecular complexity index is 786. The molecule has 0 saturated heterocycles. The molecular formula is C15H14BrN3S2. The molecule has 0 aliphatic carbocycles. The van der Waals surface area contributed by atoms with Crippen LogP contribution in [0.2, 0.25) is 0 Å². The molecule has 0 aliphatic heterocycles. The van der Waals surface area contributed by atoms with Gasteiger partial charge in [-0.05, 0) is 36.1 Å². The van der Waals surface area contributed by atoms with Crippen LogP contribution in [-0.2, 0) is 6.54 Å². The Morgan fingerprint density at radius 1 is 1.33 bits per heavy atom. The summed E-state index contributed by atoms with van der Waals surface area (Å²) >= 11 is 6.83. The zero-order chi connectivity index (χ0) is 14.8. The van der Waals surface area contributed by atoms with Crippen LogP contribution in [-0.4, -0.2) is 11.2 Å². The summed E-state index contributed by atoms with van der Waals surface area (Å²) in [5.74, 6) is 0. The molecule has 0 aliphatic rings. The van der Waals surface area contributed by atoms with Crippen molar-refractivity contribution in [3.63, 3.8) is 0 Å². The van der Waals surface area contributed by atoms with E-state index in [0.29, 0.717) is 6.54 Å². The molecule has 2 aromatic carbocycles. The van der Waals surface area contributed by atoms with E-state index in [0.717, 1.165) is 25.7 Å². The molecule has 3 N–H and O–H groups in total. The van der Waals surface area contributed by atoms with Gasteiger partial charge in [0.05, 0.1) is 21.6 Å². The van der Waals surface area contributed by atoms with E-state index < -0.39 is 0 Å². The van der Waals surface area contributed by atoms with E-state index in [1.54, 1.807) is 23.1 Å². The number of thioether (sulfide) groups is 1. The molecule has 3 nitrogen and oxygen atoms in total. The highest BCUT2D eigenvalue weighted by Crippen LogP contribution is 2.30. The van der Waals surface area contributed by atoms with Crippen molar-refractivity contribution < 1.29 is 0 Å². The molecule has 0 bridgehead atoms. The second-order valence-corrected chi connectivity index (χ2v) is 7.53. The summed E-state index contributed by atoms with van der Waals surface area (Å²) in [6.07, 6.45) is 2.05. The first-order valence-electron chi connectivity index (χ1n) is 6.38. The summed E-state index contributed by atoms with van der Waals surface area (Å²) < 4.78 is 3.31. The molecule has 1 aromatic heterocycles. The second-order valence-electron chi connectivity index (χ2n) is 4.53. The molecule has 0 atom stereocenters. The van der Waals surface area contributed by atoms with Crippen molar-refractivity contribution in [3.05, 3.63) is 46.4 Å². The predicted molar refractivity (Wildman–Crippen MR) is 97.3 cm³/mol. The lowest BCUT2D eigenvalue weighted by molar-refractivity contribution is 1.15. The van der Waals surface area contributed by atoms with Crippen molar-refractivity contribution in [2.45, 2.75) is 10.9 Å². The topological polar surface area (TPSA) is 50.9 Å². The first-order chi connectivity index (χ1) is 10.2. The summed E-state index contributed by atoms with van der Waals surface area (Å²) in [6.45, 7) is 0.709. The number of halogens is 1. The van der Waals surface area contributed by atoms with Crippen LogP contribution in [0.3, 0.4) is 0 Å². The van der Waals surface area contributed by atoms with Crippen molar-refractivity contribution in [1.29, 1.82) is 0 Å². The van der Waals surface area contributed by atoms with Crippen LogP contribution in [0.15, 0.2) is 45.2 Å². The van der Waals surface area contributed by atoms with Gasteiger partial charge in [-0.1, -0.05) is 39.8 Å². The summed E-state index contributed by atoms with van der Waals surface area (Å²) in [6, 6.07) is 12.2. The Balaban J connectivity index is 1.86. The number of benzene rings is 2. The summed E-state index contributed by atoms with van der Waals surface area (Å²) in [7, 11) is 0. The number of hydrogen-bond acceptors (Lipinski definition) is 5. The Morgan fingerprint density at radius 2 is 2.19 bits per heavy atom. The maximum Gasteiger partial charge on any atom is 0.150 e. The zero-order valence-electron chi connectivity index (χ0n) is 11.4. The van der Waals surface area contributed by atoms with Gasteiger partial charge in [0.2, 0.25) is 0 Å². The average Bonchev–Trinajstić information content (AvgIpc) is 2.90. The monoisotopic (exact) mass is 379 g/mol. The molecule has 1 heterocycles. The lowest BCUT2D eigenvalue weighted by Gasteiger charge is -2.10. The van der Waals surface area contributed by atoms with Crippen molar-refractivity contribution in [2.75, 3.05) is 17.3 Å². The number of fused-ring (bicyclic) bond motifs is 1. The van der Waals surface area contributed by atoms with Gasteiger partial charge in [-0.15, -0.1) is 11.3 Å². The van der Waals surface area contributed by atoms with E-state index in [1.807, 2.05) is 18.2 Å². The van der Waals surface area contributed by atoms with Crippen LogP contribution in [0, 0.1) is 0 Å². The molecule has 0 amide bonds. The minimum absolute atomic E-state index is 0.709. The fourth-order valence-electron chi connectivity index (χ4n) is 2.10. The summed E-state index contributed by atoms with van der Waals surface area (Å²) in [5.41, 5.74) is 9.96. The van der Waals surface area contributed by atoms with E-state index in [4.69, 9.17) is 5.73 Å². The summed E-state index contributed by atoms with van der Waals surface area (Å²) in [5, 5.41) is 3.39. The van der Waals surface area contributed by atoms with Gasteiger partial charge >= 0.3 is 0 Å². The highest BCUT2D eigenvalue weighted by molar-refractivity contribution is 9.10. The molecule has 0 spiro atoms. The number of nitrogen functional groups attached to an aromatic ring is 1. The van der Waals surface area contributed by atoms with Crippen molar-refractivity contribution in [2.24, 2.45) is 0 Å². The number of nitrogens with zero attached hydrogens (tertiary/aromatic N) is 1. The smallest absolute Gasteiger partial charge is 0.150 e. The number of anilines is 2. The lowest BCUT2D eigenvalue weighted by Crippen LogP contribution is -2.02. The molecular weight excluding hydrogens is 366 g/mol. The SMILES string of the molecule is CSc1nc2c(CNc3ccc(Br)cc3N)cccc2s1. The first-order valence-corrected chi connectivity index (χ1v) is 9.22. The maximum atomic E-state index is 6.01. The van der Waals surface area contributed by atoms with E-state index in [2.05, 4.69) is 50.7 Å². The minimum atomic E-state index is 0.709. The third kappa shape index (κ3) is 3.17. The Kier molecular flexibility index (Phi) is 4.37. The molecule has 0 fully saturated rings. The van der Waals surface area contributed by atoms with Crippen molar-refractivity contribution in [3.8, 4) is 0 Å². The van der Waals surface area contributed by atoms with Crippen LogP contribution < -0.4 is 11.1 Å². The van der Waals surface area contributed by atoms with E-state index >= 15 is 0 Å². The zero-order valence-corrected chi connectivity index (χ0v) is 14.6. The standard InChI is InChI=1S/C15H14BrN3S2/c1-20-15-19-14-9(3-2-4-13(14)21-15)8-18-12-6-5-10(16)7-11(12)17/h2-7,18H,8,17H2,1H3. The number of aromatic nitrogens is 1. The third-order valence-electron chi connectivity index (χ3n) is 3.14. The molecule has 0 unspecified atom stereocenters. The van der Waals surface area contributed by atoms with Gasteiger partial charge in [0, 0.05) is 11.0 Å². The van der Waals surface area contributed by atoms with Gasteiger partial charge in [0.1, 0.15) is 0 Å². The Morgan fingerprint density at radius 3 is 2.95 bits per heavy atom. The number of para-hydroxylation sites is 1. The molecule has 6 heteroatoms. The fraction of sp³-hybridized carbons (Fsp3) is 0.133. The molecule has 108 valence electrons.